The Morgan fingerprint density at radius 2 is 2.38 bits per heavy atom. The Hall–Kier alpha value is -0.190. The number of rotatable bonds is 2. The Bertz CT molecular complexity index is 407. The zero-order valence-electron chi connectivity index (χ0n) is 8.50. The van der Waals surface area contributed by atoms with E-state index in [2.05, 4.69) is 21.2 Å². The summed E-state index contributed by atoms with van der Waals surface area (Å²) < 4.78 is 0.857. The van der Waals surface area contributed by atoms with Crippen LogP contribution in [0.2, 0.25) is 5.02 Å². The highest BCUT2D eigenvalue weighted by atomic mass is 79.9. The van der Waals surface area contributed by atoms with Gasteiger partial charge in [-0.15, -0.1) is 0 Å². The van der Waals surface area contributed by atoms with Crippen molar-refractivity contribution < 1.29 is 4.79 Å². The Labute approximate surface area is 112 Å². The quantitative estimate of drug-likeness (QED) is 0.898. The van der Waals surface area contributed by atoms with Crippen LogP contribution in [0, 0.1) is 5.92 Å². The molecule has 1 aliphatic heterocycles. The van der Waals surface area contributed by atoms with E-state index in [9.17, 15) is 4.79 Å². The minimum atomic E-state index is 0.0907. The molecule has 0 saturated carbocycles. The fourth-order valence-electron chi connectivity index (χ4n) is 1.57. The van der Waals surface area contributed by atoms with E-state index in [1.807, 2.05) is 17.8 Å². The maximum Gasteiger partial charge on any atom is 0.228 e. The summed E-state index contributed by atoms with van der Waals surface area (Å²) >= 11 is 11.1. The first-order valence-corrected chi connectivity index (χ1v) is 7.33. The van der Waals surface area contributed by atoms with E-state index in [0.29, 0.717) is 5.02 Å². The molecule has 2 rings (SSSR count). The number of amides is 1. The van der Waals surface area contributed by atoms with Gasteiger partial charge in [-0.2, -0.15) is 11.8 Å². The molecule has 1 N–H and O–H groups in total. The van der Waals surface area contributed by atoms with Crippen LogP contribution in [0.4, 0.5) is 5.69 Å². The van der Waals surface area contributed by atoms with Crippen LogP contribution in [0.1, 0.15) is 6.42 Å². The molecule has 1 heterocycles. The fourth-order valence-corrected chi connectivity index (χ4v) is 3.31. The molecule has 86 valence electrons. The van der Waals surface area contributed by atoms with Gasteiger partial charge in [0.15, 0.2) is 0 Å². The van der Waals surface area contributed by atoms with Gasteiger partial charge in [0, 0.05) is 21.2 Å². The molecule has 0 spiro atoms. The highest BCUT2D eigenvalue weighted by Gasteiger charge is 2.23. The predicted octanol–water partition coefficient (Wildman–Crippen LogP) is 3.79. The Morgan fingerprint density at radius 3 is 3.06 bits per heavy atom. The van der Waals surface area contributed by atoms with Crippen LogP contribution in [-0.4, -0.2) is 17.4 Å². The van der Waals surface area contributed by atoms with Gasteiger partial charge in [0.2, 0.25) is 5.91 Å². The lowest BCUT2D eigenvalue weighted by Crippen LogP contribution is -2.22. The Kier molecular flexibility index (Phi) is 4.16. The van der Waals surface area contributed by atoms with Crippen LogP contribution in [0.25, 0.3) is 0 Å². The van der Waals surface area contributed by atoms with Gasteiger partial charge in [0.05, 0.1) is 5.69 Å². The average molecular weight is 321 g/mol. The third-order valence-electron chi connectivity index (χ3n) is 2.49. The minimum Gasteiger partial charge on any atom is -0.325 e. The summed E-state index contributed by atoms with van der Waals surface area (Å²) in [6.07, 6.45) is 0.967. The molecule has 1 unspecified atom stereocenters. The molecule has 0 aromatic heterocycles. The molecule has 1 fully saturated rings. The van der Waals surface area contributed by atoms with Gasteiger partial charge in [0.1, 0.15) is 0 Å². The number of hydrogen-bond donors (Lipinski definition) is 1. The van der Waals surface area contributed by atoms with Crippen LogP contribution in [0.15, 0.2) is 22.7 Å². The SMILES string of the molecule is O=C(Nc1cc(Cl)ccc1Br)C1CCSC1. The first-order chi connectivity index (χ1) is 7.66. The zero-order valence-corrected chi connectivity index (χ0v) is 11.7. The third kappa shape index (κ3) is 2.93. The third-order valence-corrected chi connectivity index (χ3v) is 4.58. The average Bonchev–Trinajstić information content (AvgIpc) is 2.76. The molecule has 1 saturated heterocycles. The van der Waals surface area contributed by atoms with Gasteiger partial charge < -0.3 is 5.32 Å². The number of nitrogens with one attached hydrogen (secondary N) is 1. The predicted molar refractivity (Wildman–Crippen MR) is 73.2 cm³/mol. The van der Waals surface area contributed by atoms with E-state index in [0.717, 1.165) is 28.1 Å². The summed E-state index contributed by atoms with van der Waals surface area (Å²) in [5.74, 6) is 2.22. The number of anilines is 1. The summed E-state index contributed by atoms with van der Waals surface area (Å²) in [4.78, 5) is 11.9. The maximum absolute atomic E-state index is 11.9. The van der Waals surface area contributed by atoms with Gasteiger partial charge in [-0.1, -0.05) is 11.6 Å². The summed E-state index contributed by atoms with van der Waals surface area (Å²) in [5, 5.41) is 3.53. The van der Waals surface area contributed by atoms with Crippen molar-refractivity contribution >= 4 is 50.9 Å². The van der Waals surface area contributed by atoms with Crippen molar-refractivity contribution in [3.05, 3.63) is 27.7 Å². The van der Waals surface area contributed by atoms with Crippen LogP contribution in [0.5, 0.6) is 0 Å². The molecule has 1 aromatic carbocycles. The summed E-state index contributed by atoms with van der Waals surface area (Å²) in [7, 11) is 0. The van der Waals surface area contributed by atoms with E-state index < -0.39 is 0 Å². The van der Waals surface area contributed by atoms with Crippen LogP contribution in [-0.2, 0) is 4.79 Å². The van der Waals surface area contributed by atoms with Crippen LogP contribution in [0.3, 0.4) is 0 Å². The molecule has 5 heteroatoms. The monoisotopic (exact) mass is 319 g/mol. The Balaban J connectivity index is 2.07. The van der Waals surface area contributed by atoms with E-state index in [1.165, 1.54) is 0 Å². The van der Waals surface area contributed by atoms with Crippen molar-refractivity contribution in [3.63, 3.8) is 0 Å². The molecular formula is C11H11BrClNOS. The van der Waals surface area contributed by atoms with Crippen molar-refractivity contribution in [3.8, 4) is 0 Å². The lowest BCUT2D eigenvalue weighted by molar-refractivity contribution is -0.119. The van der Waals surface area contributed by atoms with Crippen molar-refractivity contribution in [1.29, 1.82) is 0 Å². The molecule has 2 nitrogen and oxygen atoms in total. The second-order valence-corrected chi connectivity index (χ2v) is 6.11. The number of benzene rings is 1. The summed E-state index contributed by atoms with van der Waals surface area (Å²) in [6.45, 7) is 0. The Morgan fingerprint density at radius 1 is 1.56 bits per heavy atom. The van der Waals surface area contributed by atoms with Gasteiger partial charge in [-0.05, 0) is 46.3 Å². The summed E-state index contributed by atoms with van der Waals surface area (Å²) in [5.41, 5.74) is 0.745. The zero-order chi connectivity index (χ0) is 11.5. The van der Waals surface area contributed by atoms with Crippen molar-refractivity contribution in [2.45, 2.75) is 6.42 Å². The summed E-state index contributed by atoms with van der Waals surface area (Å²) in [6, 6.07) is 5.37. The molecule has 16 heavy (non-hydrogen) atoms. The number of thioether (sulfide) groups is 1. The molecule has 0 bridgehead atoms. The largest absolute Gasteiger partial charge is 0.325 e. The molecular weight excluding hydrogens is 310 g/mol. The van der Waals surface area contributed by atoms with Crippen LogP contribution >= 0.6 is 39.3 Å². The van der Waals surface area contributed by atoms with E-state index in [1.54, 1.807) is 12.1 Å². The molecule has 0 aliphatic carbocycles. The number of carbonyl (C=O) groups excluding carboxylic acids is 1. The maximum atomic E-state index is 11.9. The fraction of sp³-hybridized carbons (Fsp3) is 0.364. The smallest absolute Gasteiger partial charge is 0.228 e. The standard InChI is InChI=1S/C11H11BrClNOS/c12-9-2-1-8(13)5-10(9)14-11(15)7-3-4-16-6-7/h1-2,5,7H,3-4,6H2,(H,14,15). The van der Waals surface area contributed by atoms with Crippen molar-refractivity contribution in [2.75, 3.05) is 16.8 Å². The van der Waals surface area contributed by atoms with Gasteiger partial charge in [-0.3, -0.25) is 4.79 Å². The van der Waals surface area contributed by atoms with E-state index in [4.69, 9.17) is 11.6 Å². The number of halogens is 2. The van der Waals surface area contributed by atoms with Gasteiger partial charge >= 0.3 is 0 Å². The van der Waals surface area contributed by atoms with Gasteiger partial charge in [0.25, 0.3) is 0 Å². The highest BCUT2D eigenvalue weighted by molar-refractivity contribution is 9.10. The van der Waals surface area contributed by atoms with Crippen molar-refractivity contribution in [2.24, 2.45) is 5.92 Å². The van der Waals surface area contributed by atoms with Crippen molar-refractivity contribution in [1.82, 2.24) is 0 Å². The van der Waals surface area contributed by atoms with Crippen LogP contribution < -0.4 is 5.32 Å². The topological polar surface area (TPSA) is 29.1 Å². The highest BCUT2D eigenvalue weighted by Crippen LogP contribution is 2.29. The number of carbonyl (C=O) groups is 1. The lowest BCUT2D eigenvalue weighted by Gasteiger charge is -2.11. The minimum absolute atomic E-state index is 0.0907. The molecule has 1 aromatic rings. The number of hydrogen-bond acceptors (Lipinski definition) is 2. The second kappa shape index (κ2) is 5.43. The normalized spacial score (nSPS) is 19.8. The second-order valence-electron chi connectivity index (χ2n) is 3.67. The first-order valence-electron chi connectivity index (χ1n) is 5.00. The molecule has 0 radical (unpaired) electrons. The first kappa shape index (κ1) is 12.3. The molecule has 1 atom stereocenters. The lowest BCUT2D eigenvalue weighted by atomic mass is 10.1. The molecule has 1 amide bonds. The van der Waals surface area contributed by atoms with E-state index >= 15 is 0 Å². The van der Waals surface area contributed by atoms with Gasteiger partial charge in [-0.25, -0.2) is 0 Å². The van der Waals surface area contributed by atoms with E-state index in [-0.39, 0.29) is 11.8 Å². The molecule has 1 aliphatic rings.